The highest BCUT2D eigenvalue weighted by Gasteiger charge is 2.31. The van der Waals surface area contributed by atoms with Gasteiger partial charge in [0.1, 0.15) is 6.04 Å². The fourth-order valence-electron chi connectivity index (χ4n) is 3.63. The Morgan fingerprint density at radius 2 is 1.56 bits per heavy atom. The van der Waals surface area contributed by atoms with Crippen molar-refractivity contribution < 1.29 is 9.59 Å². The number of hydrogen-bond acceptors (Lipinski definition) is 2. The Labute approximate surface area is 219 Å². The molecule has 0 fully saturated rings. The SMILES string of the molecule is CCNC(=O)C(Cc1ccccc1)N(Cc1ccc(Cl)cc1Cl)C(=O)Cc1c(Cl)cccc1Cl. The van der Waals surface area contributed by atoms with Crippen LogP contribution in [0.2, 0.25) is 20.1 Å². The Kier molecular flexibility index (Phi) is 9.66. The van der Waals surface area contributed by atoms with E-state index in [-0.39, 0.29) is 24.8 Å². The summed E-state index contributed by atoms with van der Waals surface area (Å²) in [7, 11) is 0. The Hall–Kier alpha value is -2.24. The number of carbonyl (C=O) groups is 2. The smallest absolute Gasteiger partial charge is 0.243 e. The van der Waals surface area contributed by atoms with Crippen molar-refractivity contribution in [3.8, 4) is 0 Å². The molecule has 0 aromatic heterocycles. The third-order valence-corrected chi connectivity index (χ3v) is 6.66. The van der Waals surface area contributed by atoms with Crippen molar-refractivity contribution >= 4 is 58.2 Å². The second kappa shape index (κ2) is 12.5. The molecule has 0 radical (unpaired) electrons. The molecule has 178 valence electrons. The summed E-state index contributed by atoms with van der Waals surface area (Å²) >= 11 is 25.2. The van der Waals surface area contributed by atoms with Gasteiger partial charge in [0.2, 0.25) is 11.8 Å². The minimum absolute atomic E-state index is 0.0611. The summed E-state index contributed by atoms with van der Waals surface area (Å²) in [5.41, 5.74) is 2.11. The van der Waals surface area contributed by atoms with Gasteiger partial charge in [0.25, 0.3) is 0 Å². The molecule has 8 heteroatoms. The minimum Gasteiger partial charge on any atom is -0.355 e. The van der Waals surface area contributed by atoms with Crippen LogP contribution in [0.5, 0.6) is 0 Å². The summed E-state index contributed by atoms with van der Waals surface area (Å²) in [5, 5.41) is 4.54. The third kappa shape index (κ3) is 6.89. The van der Waals surface area contributed by atoms with Gasteiger partial charge >= 0.3 is 0 Å². The van der Waals surface area contributed by atoms with Crippen molar-refractivity contribution in [2.24, 2.45) is 0 Å². The molecular weight excluding hydrogens is 514 g/mol. The fraction of sp³-hybridized carbons (Fsp3) is 0.231. The maximum Gasteiger partial charge on any atom is 0.243 e. The molecule has 34 heavy (non-hydrogen) atoms. The van der Waals surface area contributed by atoms with Gasteiger partial charge in [0, 0.05) is 39.6 Å². The number of benzene rings is 3. The Morgan fingerprint density at radius 3 is 2.18 bits per heavy atom. The van der Waals surface area contributed by atoms with Gasteiger partial charge < -0.3 is 10.2 Å². The highest BCUT2D eigenvalue weighted by atomic mass is 35.5. The van der Waals surface area contributed by atoms with Crippen LogP contribution in [0.4, 0.5) is 0 Å². The monoisotopic (exact) mass is 536 g/mol. The van der Waals surface area contributed by atoms with Crippen LogP contribution in [0.15, 0.2) is 66.7 Å². The molecule has 0 aliphatic carbocycles. The predicted molar refractivity (Wildman–Crippen MR) is 140 cm³/mol. The van der Waals surface area contributed by atoms with E-state index in [2.05, 4.69) is 5.32 Å². The maximum atomic E-state index is 13.7. The van der Waals surface area contributed by atoms with E-state index in [0.717, 1.165) is 5.56 Å². The van der Waals surface area contributed by atoms with E-state index in [4.69, 9.17) is 46.4 Å². The second-order valence-corrected chi connectivity index (χ2v) is 9.39. The molecule has 1 atom stereocenters. The first kappa shape index (κ1) is 26.4. The van der Waals surface area contributed by atoms with Crippen LogP contribution in [0, 0.1) is 0 Å². The maximum absolute atomic E-state index is 13.7. The molecule has 1 N–H and O–H groups in total. The van der Waals surface area contributed by atoms with Crippen molar-refractivity contribution in [2.45, 2.75) is 32.4 Å². The highest BCUT2D eigenvalue weighted by molar-refractivity contribution is 6.36. The zero-order valence-electron chi connectivity index (χ0n) is 18.5. The summed E-state index contributed by atoms with van der Waals surface area (Å²) < 4.78 is 0. The first-order valence-corrected chi connectivity index (χ1v) is 12.3. The van der Waals surface area contributed by atoms with E-state index in [9.17, 15) is 9.59 Å². The predicted octanol–water partition coefficient (Wildman–Crippen LogP) is 6.62. The van der Waals surface area contributed by atoms with Crippen LogP contribution >= 0.6 is 46.4 Å². The van der Waals surface area contributed by atoms with Gasteiger partial charge in [-0.2, -0.15) is 0 Å². The normalized spacial score (nSPS) is 11.7. The topological polar surface area (TPSA) is 49.4 Å². The molecule has 0 heterocycles. The number of hydrogen-bond donors (Lipinski definition) is 1. The minimum atomic E-state index is -0.775. The lowest BCUT2D eigenvalue weighted by Crippen LogP contribution is -2.51. The zero-order chi connectivity index (χ0) is 24.7. The van der Waals surface area contributed by atoms with E-state index in [1.54, 1.807) is 36.4 Å². The summed E-state index contributed by atoms with van der Waals surface area (Å²) in [6.45, 7) is 2.39. The second-order valence-electron chi connectivity index (χ2n) is 7.73. The van der Waals surface area contributed by atoms with E-state index in [0.29, 0.717) is 44.2 Å². The van der Waals surface area contributed by atoms with Crippen molar-refractivity contribution in [1.82, 2.24) is 10.2 Å². The third-order valence-electron chi connectivity index (χ3n) is 5.37. The molecule has 0 aliphatic rings. The van der Waals surface area contributed by atoms with Crippen molar-refractivity contribution in [3.05, 3.63) is 104 Å². The lowest BCUT2D eigenvalue weighted by molar-refractivity contribution is -0.140. The molecule has 0 bridgehead atoms. The molecular formula is C26H24Cl4N2O2. The van der Waals surface area contributed by atoms with Gasteiger partial charge in [0.15, 0.2) is 0 Å². The van der Waals surface area contributed by atoms with Crippen LogP contribution in [-0.2, 0) is 29.0 Å². The van der Waals surface area contributed by atoms with Crippen LogP contribution < -0.4 is 5.32 Å². The van der Waals surface area contributed by atoms with Crippen molar-refractivity contribution in [2.75, 3.05) is 6.54 Å². The van der Waals surface area contributed by atoms with E-state index in [1.807, 2.05) is 37.3 Å². The molecule has 4 nitrogen and oxygen atoms in total. The van der Waals surface area contributed by atoms with Crippen LogP contribution in [0.3, 0.4) is 0 Å². The van der Waals surface area contributed by atoms with Crippen LogP contribution in [0.1, 0.15) is 23.6 Å². The molecule has 0 saturated carbocycles. The highest BCUT2D eigenvalue weighted by Crippen LogP contribution is 2.28. The summed E-state index contributed by atoms with van der Waals surface area (Å²) in [5.74, 6) is -0.553. The standard InChI is InChI=1S/C26H24Cl4N2O2/c1-2-31-26(34)24(13-17-7-4-3-5-8-17)32(16-18-11-12-19(27)14-23(18)30)25(33)15-20-21(28)9-6-10-22(20)29/h3-12,14,24H,2,13,15-16H2,1H3,(H,31,34). The number of nitrogens with zero attached hydrogens (tertiary/aromatic N) is 1. The summed E-state index contributed by atoms with van der Waals surface area (Å²) in [6.07, 6.45) is 0.272. The first-order chi connectivity index (χ1) is 16.3. The Bertz CT molecular complexity index is 1130. The summed E-state index contributed by atoms with van der Waals surface area (Å²) in [4.78, 5) is 28.4. The molecule has 3 aromatic rings. The lowest BCUT2D eigenvalue weighted by atomic mass is 10.0. The van der Waals surface area contributed by atoms with Crippen LogP contribution in [0.25, 0.3) is 0 Å². The fourth-order valence-corrected chi connectivity index (χ4v) is 4.63. The largest absolute Gasteiger partial charge is 0.355 e. The number of nitrogens with one attached hydrogen (secondary N) is 1. The average molecular weight is 538 g/mol. The molecule has 3 rings (SSSR count). The van der Waals surface area contributed by atoms with Crippen molar-refractivity contribution in [1.29, 1.82) is 0 Å². The molecule has 0 saturated heterocycles. The number of amides is 2. The van der Waals surface area contributed by atoms with Crippen LogP contribution in [-0.4, -0.2) is 29.3 Å². The van der Waals surface area contributed by atoms with Gasteiger partial charge in [-0.05, 0) is 47.9 Å². The van der Waals surface area contributed by atoms with Gasteiger partial charge in [-0.1, -0.05) is 88.9 Å². The lowest BCUT2D eigenvalue weighted by Gasteiger charge is -2.32. The average Bonchev–Trinajstić information content (AvgIpc) is 2.80. The molecule has 1 unspecified atom stereocenters. The Morgan fingerprint density at radius 1 is 0.882 bits per heavy atom. The Balaban J connectivity index is 2.02. The summed E-state index contributed by atoms with van der Waals surface area (Å²) in [6, 6.07) is 18.9. The first-order valence-electron chi connectivity index (χ1n) is 10.8. The number of halogens is 4. The number of rotatable bonds is 9. The van der Waals surface area contributed by atoms with E-state index < -0.39 is 6.04 Å². The number of carbonyl (C=O) groups excluding carboxylic acids is 2. The quantitative estimate of drug-likeness (QED) is 0.333. The van der Waals surface area contributed by atoms with E-state index >= 15 is 0 Å². The van der Waals surface area contributed by atoms with Gasteiger partial charge in [-0.3, -0.25) is 9.59 Å². The zero-order valence-corrected chi connectivity index (χ0v) is 21.6. The molecule has 3 aromatic carbocycles. The molecule has 0 aliphatic heterocycles. The molecule has 2 amide bonds. The van der Waals surface area contributed by atoms with Gasteiger partial charge in [-0.15, -0.1) is 0 Å². The van der Waals surface area contributed by atoms with Crippen molar-refractivity contribution in [3.63, 3.8) is 0 Å². The van der Waals surface area contributed by atoms with E-state index in [1.165, 1.54) is 4.90 Å². The van der Waals surface area contributed by atoms with Gasteiger partial charge in [-0.25, -0.2) is 0 Å². The molecule has 0 spiro atoms. The number of likely N-dealkylation sites (N-methyl/N-ethyl adjacent to an activating group) is 1. The van der Waals surface area contributed by atoms with Gasteiger partial charge in [0.05, 0.1) is 6.42 Å².